The van der Waals surface area contributed by atoms with Gasteiger partial charge in [0.2, 0.25) is 8.32 Å². The van der Waals surface area contributed by atoms with E-state index < -0.39 is 13.9 Å². The Balaban J connectivity index is 1.70. The van der Waals surface area contributed by atoms with Gasteiger partial charge in [-0.25, -0.2) is 0 Å². The second kappa shape index (κ2) is 13.5. The molecule has 3 rings (SSSR count). The molecule has 0 atom stereocenters. The van der Waals surface area contributed by atoms with Crippen LogP contribution in [0.5, 0.6) is 17.2 Å². The normalized spacial score (nSPS) is 11.6. The SMILES string of the molecule is COc1ccc(C(OC)(c2ccc(OC)cc2)c2ccc(OCCCCCC(=O)O[Si](C)(C)C)cc2)cc1. The topological polar surface area (TPSA) is 63.2 Å². The Labute approximate surface area is 228 Å². The van der Waals surface area contributed by atoms with Crippen LogP contribution in [0, 0.1) is 0 Å². The van der Waals surface area contributed by atoms with E-state index in [9.17, 15) is 4.79 Å². The molecule has 204 valence electrons. The van der Waals surface area contributed by atoms with Gasteiger partial charge in [0.05, 0.1) is 20.8 Å². The van der Waals surface area contributed by atoms with E-state index in [4.69, 9.17) is 23.4 Å². The van der Waals surface area contributed by atoms with Gasteiger partial charge in [-0.05, 0) is 92.0 Å². The largest absolute Gasteiger partial charge is 0.520 e. The Morgan fingerprint density at radius 3 is 1.50 bits per heavy atom. The van der Waals surface area contributed by atoms with Crippen molar-refractivity contribution >= 4 is 14.3 Å². The Morgan fingerprint density at radius 1 is 0.658 bits per heavy atom. The van der Waals surface area contributed by atoms with Crippen LogP contribution in [0.1, 0.15) is 42.4 Å². The summed E-state index contributed by atoms with van der Waals surface area (Å²) in [5.41, 5.74) is 2.10. The zero-order valence-electron chi connectivity index (χ0n) is 23.4. The third-order valence-electron chi connectivity index (χ3n) is 6.27. The molecule has 0 spiro atoms. The lowest BCUT2D eigenvalue weighted by molar-refractivity contribution is -0.135. The Kier molecular flexibility index (Phi) is 10.4. The zero-order chi connectivity index (χ0) is 27.6. The lowest BCUT2D eigenvalue weighted by Crippen LogP contribution is -2.31. The van der Waals surface area contributed by atoms with E-state index in [1.54, 1.807) is 21.3 Å². The molecule has 6 nitrogen and oxygen atoms in total. The van der Waals surface area contributed by atoms with Gasteiger partial charge in [-0.2, -0.15) is 0 Å². The molecule has 0 radical (unpaired) electrons. The van der Waals surface area contributed by atoms with Crippen LogP contribution in [0.4, 0.5) is 0 Å². The zero-order valence-corrected chi connectivity index (χ0v) is 24.4. The van der Waals surface area contributed by atoms with Crippen LogP contribution in [-0.4, -0.2) is 42.2 Å². The summed E-state index contributed by atoms with van der Waals surface area (Å²) in [5, 5.41) is 0. The third kappa shape index (κ3) is 7.62. The molecule has 0 aliphatic carbocycles. The summed E-state index contributed by atoms with van der Waals surface area (Å²) in [6.45, 7) is 6.66. The summed E-state index contributed by atoms with van der Waals surface area (Å²) >= 11 is 0. The molecule has 0 unspecified atom stereocenters. The molecule has 0 aliphatic heterocycles. The fourth-order valence-corrected chi connectivity index (χ4v) is 5.21. The average Bonchev–Trinajstić information content (AvgIpc) is 2.92. The van der Waals surface area contributed by atoms with E-state index >= 15 is 0 Å². The molecule has 0 N–H and O–H groups in total. The maximum atomic E-state index is 11.9. The maximum absolute atomic E-state index is 11.9. The molecular weight excluding hydrogens is 496 g/mol. The first-order valence-electron chi connectivity index (χ1n) is 13.0. The van der Waals surface area contributed by atoms with Crippen LogP contribution in [0.2, 0.25) is 19.6 Å². The fraction of sp³-hybridized carbons (Fsp3) is 0.387. The molecular formula is C31H40O6Si. The highest BCUT2D eigenvalue weighted by Gasteiger charge is 2.36. The number of ether oxygens (including phenoxy) is 4. The van der Waals surface area contributed by atoms with Gasteiger partial charge in [-0.15, -0.1) is 0 Å². The van der Waals surface area contributed by atoms with Crippen LogP contribution < -0.4 is 14.2 Å². The van der Waals surface area contributed by atoms with Crippen molar-refractivity contribution in [3.05, 3.63) is 89.5 Å². The number of rotatable bonds is 14. The van der Waals surface area contributed by atoms with E-state index in [0.717, 1.165) is 53.2 Å². The summed E-state index contributed by atoms with van der Waals surface area (Å²) in [6.07, 6.45) is 3.07. The molecule has 0 fully saturated rings. The standard InChI is InChI=1S/C31H40O6Si/c1-33-27-17-11-24(12-18-27)31(35-3,25-13-19-28(34-2)20-14-25)26-15-21-29(22-16-26)36-23-9-7-8-10-30(32)37-38(4,5)6/h11-22H,7-10,23H2,1-6H3. The monoisotopic (exact) mass is 536 g/mol. The number of hydrogen-bond acceptors (Lipinski definition) is 6. The number of benzene rings is 3. The first-order valence-corrected chi connectivity index (χ1v) is 16.4. The van der Waals surface area contributed by atoms with Gasteiger partial charge in [-0.3, -0.25) is 4.79 Å². The minimum absolute atomic E-state index is 0.0870. The van der Waals surface area contributed by atoms with E-state index in [2.05, 4.69) is 0 Å². The molecule has 0 aliphatic rings. The molecule has 0 bridgehead atoms. The summed E-state index contributed by atoms with van der Waals surface area (Å²) in [7, 11) is 3.22. The quantitative estimate of drug-likeness (QED) is 0.126. The fourth-order valence-electron chi connectivity index (χ4n) is 4.42. The number of carbonyl (C=O) groups excluding carboxylic acids is 1. The number of methoxy groups -OCH3 is 3. The molecule has 0 aromatic heterocycles. The lowest BCUT2D eigenvalue weighted by Gasteiger charge is -2.34. The van der Waals surface area contributed by atoms with E-state index in [-0.39, 0.29) is 5.97 Å². The summed E-state index contributed by atoms with van der Waals surface area (Å²) < 4.78 is 28.5. The van der Waals surface area contributed by atoms with Crippen molar-refractivity contribution in [3.63, 3.8) is 0 Å². The average molecular weight is 537 g/mol. The number of carbonyl (C=O) groups is 1. The summed E-state index contributed by atoms with van der Waals surface area (Å²) in [5.74, 6) is 2.27. The molecule has 38 heavy (non-hydrogen) atoms. The molecule has 0 heterocycles. The predicted molar refractivity (Wildman–Crippen MR) is 153 cm³/mol. The highest BCUT2D eigenvalue weighted by molar-refractivity contribution is 6.71. The van der Waals surface area contributed by atoms with Crippen molar-refractivity contribution in [2.24, 2.45) is 0 Å². The first-order chi connectivity index (χ1) is 18.2. The summed E-state index contributed by atoms with van der Waals surface area (Å²) in [6, 6.07) is 23.9. The maximum Gasteiger partial charge on any atom is 0.292 e. The van der Waals surface area contributed by atoms with Gasteiger partial charge in [0.25, 0.3) is 5.97 Å². The Morgan fingerprint density at radius 2 is 1.11 bits per heavy atom. The van der Waals surface area contributed by atoms with Crippen molar-refractivity contribution in [2.75, 3.05) is 27.9 Å². The van der Waals surface area contributed by atoms with E-state index in [1.165, 1.54) is 0 Å². The van der Waals surface area contributed by atoms with Crippen LogP contribution in [0.15, 0.2) is 72.8 Å². The number of hydrogen-bond donors (Lipinski definition) is 0. The Hall–Kier alpha value is -3.29. The van der Waals surface area contributed by atoms with E-state index in [0.29, 0.717) is 13.0 Å². The van der Waals surface area contributed by atoms with Crippen LogP contribution in [0.3, 0.4) is 0 Å². The van der Waals surface area contributed by atoms with Gasteiger partial charge in [0, 0.05) is 13.5 Å². The van der Waals surface area contributed by atoms with Gasteiger partial charge in [-0.1, -0.05) is 36.4 Å². The van der Waals surface area contributed by atoms with Crippen molar-refractivity contribution in [2.45, 2.75) is 50.9 Å². The Bertz CT molecular complexity index is 1090. The lowest BCUT2D eigenvalue weighted by atomic mass is 9.80. The summed E-state index contributed by atoms with van der Waals surface area (Å²) in [4.78, 5) is 11.9. The van der Waals surface area contributed by atoms with Gasteiger partial charge < -0.3 is 23.4 Å². The van der Waals surface area contributed by atoms with Crippen LogP contribution in [-0.2, 0) is 19.6 Å². The number of unbranched alkanes of at least 4 members (excludes halogenated alkanes) is 2. The molecule has 3 aromatic carbocycles. The smallest absolute Gasteiger partial charge is 0.292 e. The highest BCUT2D eigenvalue weighted by Crippen LogP contribution is 2.41. The minimum Gasteiger partial charge on any atom is -0.520 e. The first kappa shape index (κ1) is 29.3. The van der Waals surface area contributed by atoms with Gasteiger partial charge in [0.1, 0.15) is 22.8 Å². The molecule has 0 saturated heterocycles. The van der Waals surface area contributed by atoms with E-state index in [1.807, 2.05) is 92.4 Å². The van der Waals surface area contributed by atoms with Gasteiger partial charge in [0.15, 0.2) is 0 Å². The van der Waals surface area contributed by atoms with Crippen LogP contribution in [0.25, 0.3) is 0 Å². The predicted octanol–water partition coefficient (Wildman–Crippen LogP) is 6.96. The van der Waals surface area contributed by atoms with Gasteiger partial charge >= 0.3 is 0 Å². The molecule has 0 amide bonds. The van der Waals surface area contributed by atoms with Crippen molar-refractivity contribution in [3.8, 4) is 17.2 Å². The van der Waals surface area contributed by atoms with Crippen molar-refractivity contribution in [1.82, 2.24) is 0 Å². The van der Waals surface area contributed by atoms with Crippen molar-refractivity contribution in [1.29, 1.82) is 0 Å². The third-order valence-corrected chi connectivity index (χ3v) is 7.11. The molecule has 7 heteroatoms. The second-order valence-electron chi connectivity index (χ2n) is 10.1. The minimum atomic E-state index is -1.81. The molecule has 3 aromatic rings. The highest BCUT2D eigenvalue weighted by atomic mass is 28.4. The van der Waals surface area contributed by atoms with Crippen LogP contribution >= 0.6 is 0 Å². The molecule has 0 saturated carbocycles. The second-order valence-corrected chi connectivity index (χ2v) is 14.5. The van der Waals surface area contributed by atoms with Crippen molar-refractivity contribution < 1.29 is 28.2 Å².